The third-order valence-electron chi connectivity index (χ3n) is 6.94. The fourth-order valence-corrected chi connectivity index (χ4v) is 4.32. The first-order valence-corrected chi connectivity index (χ1v) is 12.2. The molecule has 0 amide bonds. The highest BCUT2D eigenvalue weighted by Gasteiger charge is 2.25. The van der Waals surface area contributed by atoms with Crippen LogP contribution in [0, 0.1) is 20.8 Å². The molecule has 1 atom stereocenters. The summed E-state index contributed by atoms with van der Waals surface area (Å²) in [7, 11) is 0. The maximum Gasteiger partial charge on any atom is 0.126 e. The molecule has 0 saturated carbocycles. The van der Waals surface area contributed by atoms with E-state index in [1.165, 1.54) is 35.1 Å². The first kappa shape index (κ1) is 25.3. The molecule has 1 aromatic rings. The summed E-state index contributed by atoms with van der Waals surface area (Å²) in [4.78, 5) is 0. The number of allylic oxidation sites excluding steroid dienone is 6. The topological polar surface area (TPSA) is 29.5 Å². The van der Waals surface area contributed by atoms with Gasteiger partial charge in [0.1, 0.15) is 11.5 Å². The Hall–Kier alpha value is -1.96. The zero-order valence-corrected chi connectivity index (χ0v) is 21.0. The van der Waals surface area contributed by atoms with Gasteiger partial charge in [0.2, 0.25) is 0 Å². The molecule has 31 heavy (non-hydrogen) atoms. The minimum Gasteiger partial charge on any atom is -0.507 e. The van der Waals surface area contributed by atoms with E-state index in [2.05, 4.69) is 52.8 Å². The van der Waals surface area contributed by atoms with E-state index in [-0.39, 0.29) is 6.10 Å². The van der Waals surface area contributed by atoms with Crippen LogP contribution in [0.5, 0.6) is 11.5 Å². The quantitative estimate of drug-likeness (QED) is 0.381. The molecule has 0 aromatic heterocycles. The van der Waals surface area contributed by atoms with Gasteiger partial charge in [0, 0.05) is 5.56 Å². The van der Waals surface area contributed by atoms with Crippen molar-refractivity contribution in [1.82, 2.24) is 0 Å². The predicted octanol–water partition coefficient (Wildman–Crippen LogP) is 8.60. The maximum atomic E-state index is 10.3. The van der Waals surface area contributed by atoms with Crippen molar-refractivity contribution < 1.29 is 9.84 Å². The first-order chi connectivity index (χ1) is 14.7. The molecule has 2 rings (SSSR count). The smallest absolute Gasteiger partial charge is 0.126 e. The van der Waals surface area contributed by atoms with Gasteiger partial charge in [-0.1, -0.05) is 41.9 Å². The molecule has 1 unspecified atom stereocenters. The van der Waals surface area contributed by atoms with Gasteiger partial charge in [-0.15, -0.1) is 0 Å². The average molecular weight is 425 g/mol. The lowest BCUT2D eigenvalue weighted by Gasteiger charge is -2.30. The highest BCUT2D eigenvalue weighted by atomic mass is 16.5. The third-order valence-corrected chi connectivity index (χ3v) is 6.94. The highest BCUT2D eigenvalue weighted by Crippen LogP contribution is 2.41. The van der Waals surface area contributed by atoms with Crippen LogP contribution < -0.4 is 4.74 Å². The van der Waals surface area contributed by atoms with Crippen molar-refractivity contribution in [2.75, 3.05) is 0 Å². The number of benzene rings is 1. The SMILES string of the molecule is CC/C(C)=C\CC/C(C)=C/CC/C(C)=C/CCC1CCc2c(C)c(O)c(C)c(C)c2O1. The van der Waals surface area contributed by atoms with Crippen LogP contribution in [-0.2, 0) is 6.42 Å². The molecule has 2 heteroatoms. The summed E-state index contributed by atoms with van der Waals surface area (Å²) >= 11 is 0. The van der Waals surface area contributed by atoms with Gasteiger partial charge in [-0.2, -0.15) is 0 Å². The van der Waals surface area contributed by atoms with Crippen molar-refractivity contribution in [2.45, 2.75) is 112 Å². The van der Waals surface area contributed by atoms with Crippen LogP contribution in [0.2, 0.25) is 0 Å². The summed E-state index contributed by atoms with van der Waals surface area (Å²) in [5.41, 5.74) is 8.72. The van der Waals surface area contributed by atoms with E-state index >= 15 is 0 Å². The molecule has 0 saturated heterocycles. The van der Waals surface area contributed by atoms with Crippen LogP contribution in [0.25, 0.3) is 0 Å². The summed E-state index contributed by atoms with van der Waals surface area (Å²) in [6.45, 7) is 15.0. The number of hydrogen-bond acceptors (Lipinski definition) is 2. The summed E-state index contributed by atoms with van der Waals surface area (Å²) in [5.74, 6) is 1.46. The van der Waals surface area contributed by atoms with Crippen LogP contribution in [0.15, 0.2) is 34.9 Å². The molecule has 1 heterocycles. The van der Waals surface area contributed by atoms with Gasteiger partial charge in [0.25, 0.3) is 0 Å². The third kappa shape index (κ3) is 7.30. The van der Waals surface area contributed by atoms with Gasteiger partial charge in [-0.25, -0.2) is 0 Å². The Morgan fingerprint density at radius 2 is 1.45 bits per heavy atom. The lowest BCUT2D eigenvalue weighted by Crippen LogP contribution is -2.24. The summed E-state index contributed by atoms with van der Waals surface area (Å²) in [6.07, 6.45) is 17.4. The average Bonchev–Trinajstić information content (AvgIpc) is 2.76. The van der Waals surface area contributed by atoms with E-state index in [0.717, 1.165) is 67.4 Å². The van der Waals surface area contributed by atoms with Gasteiger partial charge in [0.15, 0.2) is 0 Å². The Bertz CT molecular complexity index is 839. The Kier molecular flexibility index (Phi) is 9.93. The Morgan fingerprint density at radius 3 is 2.06 bits per heavy atom. The zero-order valence-electron chi connectivity index (χ0n) is 21.0. The standard InChI is InChI=1S/C29H44O2/c1-8-20(2)12-9-13-21(3)14-10-15-22(4)16-11-17-26-18-19-27-25(7)28(30)23(5)24(6)29(27)31-26/h12,14,16,26,30H,8-11,13,15,17-19H2,1-7H3/b20-12-,21-14+,22-16+. The van der Waals surface area contributed by atoms with Crippen LogP contribution in [0.3, 0.4) is 0 Å². The van der Waals surface area contributed by atoms with E-state index in [0.29, 0.717) is 5.75 Å². The maximum absolute atomic E-state index is 10.3. The van der Waals surface area contributed by atoms with Crippen molar-refractivity contribution in [3.8, 4) is 11.5 Å². The molecule has 0 radical (unpaired) electrons. The lowest BCUT2D eigenvalue weighted by molar-refractivity contribution is 0.163. The second kappa shape index (κ2) is 12.2. The second-order valence-electron chi connectivity index (χ2n) is 9.47. The summed E-state index contributed by atoms with van der Waals surface area (Å²) in [5, 5.41) is 10.3. The summed E-state index contributed by atoms with van der Waals surface area (Å²) in [6, 6.07) is 0. The fraction of sp³-hybridized carbons (Fsp3) is 0.586. The summed E-state index contributed by atoms with van der Waals surface area (Å²) < 4.78 is 6.38. The zero-order chi connectivity index (χ0) is 23.0. The largest absolute Gasteiger partial charge is 0.507 e. The molecule has 1 aromatic carbocycles. The van der Waals surface area contributed by atoms with Gasteiger partial charge in [0.05, 0.1) is 6.10 Å². The first-order valence-electron chi connectivity index (χ1n) is 12.2. The molecular formula is C29H44O2. The van der Waals surface area contributed by atoms with Gasteiger partial charge in [-0.3, -0.25) is 0 Å². The van der Waals surface area contributed by atoms with E-state index in [1.807, 2.05) is 13.8 Å². The Morgan fingerprint density at radius 1 is 0.871 bits per heavy atom. The van der Waals surface area contributed by atoms with Gasteiger partial charge in [-0.05, 0) is 116 Å². The van der Waals surface area contributed by atoms with Crippen LogP contribution in [0.4, 0.5) is 0 Å². The molecule has 0 spiro atoms. The minimum atomic E-state index is 0.278. The number of phenols is 1. The van der Waals surface area contributed by atoms with E-state index in [1.54, 1.807) is 0 Å². The molecule has 1 N–H and O–H groups in total. The molecule has 0 fully saturated rings. The van der Waals surface area contributed by atoms with E-state index in [4.69, 9.17) is 4.74 Å². The highest BCUT2D eigenvalue weighted by molar-refractivity contribution is 5.58. The fourth-order valence-electron chi connectivity index (χ4n) is 4.32. The van der Waals surface area contributed by atoms with Gasteiger partial charge < -0.3 is 9.84 Å². The normalized spacial score (nSPS) is 17.5. The minimum absolute atomic E-state index is 0.278. The van der Waals surface area contributed by atoms with Crippen molar-refractivity contribution in [3.05, 3.63) is 57.2 Å². The van der Waals surface area contributed by atoms with Crippen molar-refractivity contribution >= 4 is 0 Å². The van der Waals surface area contributed by atoms with E-state index in [9.17, 15) is 5.11 Å². The predicted molar refractivity (Wildman–Crippen MR) is 134 cm³/mol. The Balaban J connectivity index is 1.78. The molecule has 1 aliphatic heterocycles. The van der Waals surface area contributed by atoms with Crippen molar-refractivity contribution in [2.24, 2.45) is 0 Å². The van der Waals surface area contributed by atoms with Crippen molar-refractivity contribution in [3.63, 3.8) is 0 Å². The molecule has 0 bridgehead atoms. The molecule has 2 nitrogen and oxygen atoms in total. The number of phenolic OH excluding ortho intramolecular Hbond substituents is 1. The van der Waals surface area contributed by atoms with E-state index < -0.39 is 0 Å². The molecule has 1 aliphatic rings. The number of rotatable bonds is 10. The molecule has 172 valence electrons. The molecule has 0 aliphatic carbocycles. The number of fused-ring (bicyclic) bond motifs is 1. The number of ether oxygens (including phenoxy) is 1. The van der Waals surface area contributed by atoms with Crippen molar-refractivity contribution in [1.29, 1.82) is 0 Å². The van der Waals surface area contributed by atoms with Gasteiger partial charge >= 0.3 is 0 Å². The second-order valence-corrected chi connectivity index (χ2v) is 9.47. The monoisotopic (exact) mass is 424 g/mol. The van der Waals surface area contributed by atoms with Crippen LogP contribution in [-0.4, -0.2) is 11.2 Å². The van der Waals surface area contributed by atoms with Crippen LogP contribution >= 0.6 is 0 Å². The Labute approximate surface area is 191 Å². The number of aromatic hydroxyl groups is 1. The molecular weight excluding hydrogens is 380 g/mol. The number of hydrogen-bond donors (Lipinski definition) is 1. The van der Waals surface area contributed by atoms with Crippen LogP contribution in [0.1, 0.15) is 101 Å². The lowest BCUT2D eigenvalue weighted by atomic mass is 9.90.